The molecule has 152 valence electrons. The zero-order chi connectivity index (χ0) is 21.0. The first-order chi connectivity index (χ1) is 13.9. The van der Waals surface area contributed by atoms with Crippen molar-refractivity contribution in [2.75, 3.05) is 7.05 Å². The van der Waals surface area contributed by atoms with Gasteiger partial charge in [-0.15, -0.1) is 0 Å². The van der Waals surface area contributed by atoms with Crippen molar-refractivity contribution in [3.8, 4) is 5.75 Å². The lowest BCUT2D eigenvalue weighted by atomic mass is 10.1. The molecule has 0 atom stereocenters. The minimum Gasteiger partial charge on any atom is -0.489 e. The number of nitrogens with zero attached hydrogens (tertiary/aromatic N) is 3. The van der Waals surface area contributed by atoms with E-state index >= 15 is 0 Å². The van der Waals surface area contributed by atoms with Crippen LogP contribution in [0.25, 0.3) is 0 Å². The van der Waals surface area contributed by atoms with Crippen LogP contribution in [0.3, 0.4) is 0 Å². The van der Waals surface area contributed by atoms with Gasteiger partial charge in [0.25, 0.3) is 5.91 Å². The molecule has 0 N–H and O–H groups in total. The SMILES string of the molecule is CCn1ncc(Cl)c1CN(C)C(=O)c1cccc(COc2ccc(Cl)cc2C)c1. The fourth-order valence-electron chi connectivity index (χ4n) is 3.06. The van der Waals surface area contributed by atoms with Crippen LogP contribution in [0.15, 0.2) is 48.7 Å². The monoisotopic (exact) mass is 431 g/mol. The van der Waals surface area contributed by atoms with Crippen molar-refractivity contribution >= 4 is 29.1 Å². The van der Waals surface area contributed by atoms with Gasteiger partial charge in [0.15, 0.2) is 0 Å². The first kappa shape index (κ1) is 21.2. The largest absolute Gasteiger partial charge is 0.489 e. The molecule has 2 aromatic carbocycles. The van der Waals surface area contributed by atoms with Crippen LogP contribution < -0.4 is 4.74 Å². The number of aryl methyl sites for hydroxylation is 2. The molecule has 0 radical (unpaired) electrons. The Balaban J connectivity index is 1.69. The van der Waals surface area contributed by atoms with Gasteiger partial charge in [0.2, 0.25) is 0 Å². The predicted octanol–water partition coefficient (Wildman–Crippen LogP) is 5.37. The van der Waals surface area contributed by atoms with Crippen molar-refractivity contribution in [3.63, 3.8) is 0 Å². The number of hydrogen-bond donors (Lipinski definition) is 0. The number of amides is 1. The Hall–Kier alpha value is -2.50. The second-order valence-electron chi connectivity index (χ2n) is 6.82. The van der Waals surface area contributed by atoms with Crippen LogP contribution in [0, 0.1) is 6.92 Å². The third-order valence-corrected chi connectivity index (χ3v) is 5.19. The maximum absolute atomic E-state index is 12.9. The molecule has 3 aromatic rings. The molecule has 29 heavy (non-hydrogen) atoms. The normalized spacial score (nSPS) is 10.8. The summed E-state index contributed by atoms with van der Waals surface area (Å²) in [4.78, 5) is 14.5. The van der Waals surface area contributed by atoms with Gasteiger partial charge >= 0.3 is 0 Å². The highest BCUT2D eigenvalue weighted by Gasteiger charge is 2.17. The number of carbonyl (C=O) groups is 1. The lowest BCUT2D eigenvalue weighted by molar-refractivity contribution is 0.0781. The molecule has 3 rings (SSSR count). The van der Waals surface area contributed by atoms with Crippen LogP contribution in [0.1, 0.15) is 34.1 Å². The molecule has 1 amide bonds. The van der Waals surface area contributed by atoms with Crippen molar-refractivity contribution in [2.24, 2.45) is 0 Å². The minimum atomic E-state index is -0.0885. The highest BCUT2D eigenvalue weighted by atomic mass is 35.5. The van der Waals surface area contributed by atoms with Gasteiger partial charge < -0.3 is 9.64 Å². The molecule has 0 fully saturated rings. The summed E-state index contributed by atoms with van der Waals surface area (Å²) >= 11 is 12.2. The average molecular weight is 432 g/mol. The van der Waals surface area contributed by atoms with E-state index < -0.39 is 0 Å². The van der Waals surface area contributed by atoms with Gasteiger partial charge in [0, 0.05) is 24.2 Å². The van der Waals surface area contributed by atoms with Crippen molar-refractivity contribution in [1.82, 2.24) is 14.7 Å². The molecule has 0 aliphatic carbocycles. The second kappa shape index (κ2) is 9.33. The summed E-state index contributed by atoms with van der Waals surface area (Å²) in [5, 5.41) is 5.46. The van der Waals surface area contributed by atoms with Crippen LogP contribution in [-0.2, 0) is 19.7 Å². The molecule has 0 aliphatic heterocycles. The molecule has 0 saturated heterocycles. The van der Waals surface area contributed by atoms with Crippen LogP contribution in [0.5, 0.6) is 5.75 Å². The Morgan fingerprint density at radius 2 is 2.00 bits per heavy atom. The summed E-state index contributed by atoms with van der Waals surface area (Å²) in [5.74, 6) is 0.681. The van der Waals surface area contributed by atoms with Gasteiger partial charge in [-0.3, -0.25) is 9.48 Å². The lowest BCUT2D eigenvalue weighted by Crippen LogP contribution is -2.27. The van der Waals surface area contributed by atoms with E-state index in [9.17, 15) is 4.79 Å². The number of carbonyl (C=O) groups excluding carboxylic acids is 1. The van der Waals surface area contributed by atoms with Crippen molar-refractivity contribution in [1.29, 1.82) is 0 Å². The first-order valence-corrected chi connectivity index (χ1v) is 10.1. The molecule has 1 aromatic heterocycles. The van der Waals surface area contributed by atoms with E-state index in [4.69, 9.17) is 27.9 Å². The van der Waals surface area contributed by atoms with Gasteiger partial charge in [0.1, 0.15) is 12.4 Å². The van der Waals surface area contributed by atoms with E-state index in [-0.39, 0.29) is 5.91 Å². The van der Waals surface area contributed by atoms with E-state index in [0.717, 1.165) is 22.6 Å². The number of ether oxygens (including phenoxy) is 1. The molecule has 0 aliphatic rings. The first-order valence-electron chi connectivity index (χ1n) is 9.32. The smallest absolute Gasteiger partial charge is 0.253 e. The van der Waals surface area contributed by atoms with Crippen molar-refractivity contribution in [2.45, 2.75) is 33.5 Å². The topological polar surface area (TPSA) is 47.4 Å². The zero-order valence-corrected chi connectivity index (χ0v) is 18.2. The summed E-state index contributed by atoms with van der Waals surface area (Å²) in [6.45, 7) is 5.38. The third kappa shape index (κ3) is 5.11. The molecule has 7 heteroatoms. The Kier molecular flexibility index (Phi) is 6.83. The molecule has 0 spiro atoms. The third-order valence-electron chi connectivity index (χ3n) is 4.64. The molecular formula is C22H23Cl2N3O2. The fraction of sp³-hybridized carbons (Fsp3) is 0.273. The summed E-state index contributed by atoms with van der Waals surface area (Å²) in [5.41, 5.74) is 3.30. The van der Waals surface area contributed by atoms with Crippen LogP contribution in [0.4, 0.5) is 0 Å². The highest BCUT2D eigenvalue weighted by molar-refractivity contribution is 6.31. The van der Waals surface area contributed by atoms with Gasteiger partial charge in [-0.2, -0.15) is 5.10 Å². The predicted molar refractivity (Wildman–Crippen MR) is 116 cm³/mol. The van der Waals surface area contributed by atoms with E-state index in [2.05, 4.69) is 5.10 Å². The van der Waals surface area contributed by atoms with Gasteiger partial charge in [-0.1, -0.05) is 35.3 Å². The van der Waals surface area contributed by atoms with Crippen molar-refractivity contribution in [3.05, 3.63) is 81.1 Å². The van der Waals surface area contributed by atoms with Crippen LogP contribution >= 0.6 is 23.2 Å². The summed E-state index contributed by atoms with van der Waals surface area (Å²) in [7, 11) is 1.76. The molecule has 0 unspecified atom stereocenters. The fourth-order valence-corrected chi connectivity index (χ4v) is 3.49. The highest BCUT2D eigenvalue weighted by Crippen LogP contribution is 2.23. The number of hydrogen-bond acceptors (Lipinski definition) is 3. The number of rotatable bonds is 7. The average Bonchev–Trinajstić information content (AvgIpc) is 3.06. The second-order valence-corrected chi connectivity index (χ2v) is 7.66. The van der Waals surface area contributed by atoms with E-state index in [1.807, 2.05) is 44.2 Å². The Labute approximate surface area is 180 Å². The van der Waals surface area contributed by atoms with Gasteiger partial charge in [-0.25, -0.2) is 0 Å². The number of benzene rings is 2. The molecule has 5 nitrogen and oxygen atoms in total. The Morgan fingerprint density at radius 1 is 1.21 bits per heavy atom. The zero-order valence-electron chi connectivity index (χ0n) is 16.7. The standard InChI is InChI=1S/C22H23Cl2N3O2/c1-4-27-20(19(24)12-25-27)13-26(3)22(28)17-7-5-6-16(11-17)14-29-21-9-8-18(23)10-15(21)2/h5-12H,4,13-14H2,1-3H3. The summed E-state index contributed by atoms with van der Waals surface area (Å²) in [6, 6.07) is 12.9. The Morgan fingerprint density at radius 3 is 2.72 bits per heavy atom. The summed E-state index contributed by atoms with van der Waals surface area (Å²) < 4.78 is 7.69. The van der Waals surface area contributed by atoms with Crippen LogP contribution in [0.2, 0.25) is 10.0 Å². The maximum Gasteiger partial charge on any atom is 0.253 e. The maximum atomic E-state index is 12.9. The van der Waals surface area contributed by atoms with Gasteiger partial charge in [-0.05, 0) is 55.3 Å². The van der Waals surface area contributed by atoms with Crippen LogP contribution in [-0.4, -0.2) is 27.6 Å². The minimum absolute atomic E-state index is 0.0885. The number of halogens is 2. The molecule has 0 saturated carbocycles. The van der Waals surface area contributed by atoms with E-state index in [1.165, 1.54) is 0 Å². The van der Waals surface area contributed by atoms with Crippen molar-refractivity contribution < 1.29 is 9.53 Å². The van der Waals surface area contributed by atoms with E-state index in [1.54, 1.807) is 35.0 Å². The summed E-state index contributed by atoms with van der Waals surface area (Å²) in [6.07, 6.45) is 1.61. The quantitative estimate of drug-likeness (QED) is 0.504. The van der Waals surface area contributed by atoms with Gasteiger partial charge in [0.05, 0.1) is 23.5 Å². The number of aromatic nitrogens is 2. The molecular weight excluding hydrogens is 409 g/mol. The molecule has 1 heterocycles. The Bertz CT molecular complexity index is 1020. The molecule has 0 bridgehead atoms. The lowest BCUT2D eigenvalue weighted by Gasteiger charge is -2.18. The van der Waals surface area contributed by atoms with E-state index in [0.29, 0.717) is 35.3 Å².